The third-order valence-corrected chi connectivity index (χ3v) is 2.79. The second-order valence-electron chi connectivity index (χ2n) is 5.06. The lowest BCUT2D eigenvalue weighted by atomic mass is 10.1. The van der Waals surface area contributed by atoms with Crippen LogP contribution in [0.2, 0.25) is 0 Å². The average Bonchev–Trinajstić information content (AvgIpc) is 2.27. The number of rotatable bonds is 6. The third-order valence-electron chi connectivity index (χ3n) is 2.79. The van der Waals surface area contributed by atoms with Crippen molar-refractivity contribution in [3.63, 3.8) is 0 Å². The number of hydrogen-bond donors (Lipinski definition) is 2. The molecule has 0 aliphatic rings. The molecule has 1 amide bonds. The van der Waals surface area contributed by atoms with Crippen molar-refractivity contribution in [2.75, 3.05) is 6.54 Å². The van der Waals surface area contributed by atoms with Crippen LogP contribution in [0.5, 0.6) is 0 Å². The number of carbonyl (C=O) groups is 1. The molecule has 0 aromatic heterocycles. The van der Waals surface area contributed by atoms with Crippen LogP contribution in [0.3, 0.4) is 0 Å². The van der Waals surface area contributed by atoms with E-state index in [1.807, 2.05) is 13.8 Å². The van der Waals surface area contributed by atoms with Crippen molar-refractivity contribution in [2.45, 2.75) is 46.2 Å². The van der Waals surface area contributed by atoms with Crippen LogP contribution < -0.4 is 10.6 Å². The van der Waals surface area contributed by atoms with Gasteiger partial charge in [-0.15, -0.1) is 0 Å². The Labute approximate surface area is 110 Å². The van der Waals surface area contributed by atoms with Gasteiger partial charge in [0.15, 0.2) is 0 Å². The summed E-state index contributed by atoms with van der Waals surface area (Å²) in [5, 5.41) is 6.26. The fourth-order valence-electron chi connectivity index (χ4n) is 1.85. The predicted octanol–water partition coefficient (Wildman–Crippen LogP) is 2.56. The van der Waals surface area contributed by atoms with E-state index < -0.39 is 0 Å². The normalized spacial score (nSPS) is 12.5. The lowest BCUT2D eigenvalue weighted by Crippen LogP contribution is -2.33. The van der Waals surface area contributed by atoms with Crippen molar-refractivity contribution in [3.8, 4) is 0 Å². The molecule has 3 heteroatoms. The van der Waals surface area contributed by atoms with E-state index in [2.05, 4.69) is 48.7 Å². The quantitative estimate of drug-likeness (QED) is 0.812. The molecule has 0 bridgehead atoms. The summed E-state index contributed by atoms with van der Waals surface area (Å²) in [4.78, 5) is 11.5. The highest BCUT2D eigenvalue weighted by Gasteiger charge is 2.06. The Kier molecular flexibility index (Phi) is 5.86. The van der Waals surface area contributed by atoms with Gasteiger partial charge in [0.1, 0.15) is 0 Å². The molecule has 0 heterocycles. The van der Waals surface area contributed by atoms with Crippen molar-refractivity contribution < 1.29 is 4.79 Å². The Bertz CT molecular complexity index is 388. The summed E-state index contributed by atoms with van der Waals surface area (Å²) < 4.78 is 0. The largest absolute Gasteiger partial charge is 0.354 e. The van der Waals surface area contributed by atoms with Gasteiger partial charge in [-0.05, 0) is 33.3 Å². The molecule has 0 aliphatic heterocycles. The second-order valence-corrected chi connectivity index (χ2v) is 5.06. The summed E-state index contributed by atoms with van der Waals surface area (Å²) in [5.74, 6) is 0.106. The summed E-state index contributed by atoms with van der Waals surface area (Å²) in [5.41, 5.74) is 2.53. The summed E-state index contributed by atoms with van der Waals surface area (Å²) >= 11 is 0. The van der Waals surface area contributed by atoms with E-state index in [9.17, 15) is 4.79 Å². The van der Waals surface area contributed by atoms with Crippen LogP contribution in [0.15, 0.2) is 24.3 Å². The van der Waals surface area contributed by atoms with Crippen LogP contribution >= 0.6 is 0 Å². The summed E-state index contributed by atoms with van der Waals surface area (Å²) in [6, 6.07) is 8.93. The first-order valence-corrected chi connectivity index (χ1v) is 6.58. The maximum Gasteiger partial charge on any atom is 0.221 e. The van der Waals surface area contributed by atoms with Gasteiger partial charge in [0, 0.05) is 25.0 Å². The van der Waals surface area contributed by atoms with Crippen molar-refractivity contribution in [2.24, 2.45) is 0 Å². The summed E-state index contributed by atoms with van der Waals surface area (Å²) in [6.07, 6.45) is 0.522. The van der Waals surface area contributed by atoms with Gasteiger partial charge in [-0.3, -0.25) is 4.79 Å². The van der Waals surface area contributed by atoms with E-state index >= 15 is 0 Å². The van der Waals surface area contributed by atoms with Crippen molar-refractivity contribution in [3.05, 3.63) is 35.4 Å². The lowest BCUT2D eigenvalue weighted by Gasteiger charge is -2.15. The number of nitrogens with one attached hydrogen (secondary N) is 2. The minimum Gasteiger partial charge on any atom is -0.354 e. The highest BCUT2D eigenvalue weighted by atomic mass is 16.1. The zero-order valence-electron chi connectivity index (χ0n) is 11.8. The Hall–Kier alpha value is -1.35. The van der Waals surface area contributed by atoms with Gasteiger partial charge >= 0.3 is 0 Å². The highest BCUT2D eigenvalue weighted by Crippen LogP contribution is 2.13. The van der Waals surface area contributed by atoms with Crippen LogP contribution in [0.25, 0.3) is 0 Å². The number of hydrogen-bond acceptors (Lipinski definition) is 2. The van der Waals surface area contributed by atoms with Crippen LogP contribution in [-0.2, 0) is 4.79 Å². The minimum atomic E-state index is 0.106. The third kappa shape index (κ3) is 5.32. The monoisotopic (exact) mass is 248 g/mol. The van der Waals surface area contributed by atoms with Crippen molar-refractivity contribution in [1.29, 1.82) is 0 Å². The molecule has 0 spiro atoms. The van der Waals surface area contributed by atoms with Gasteiger partial charge in [0.2, 0.25) is 5.91 Å². The van der Waals surface area contributed by atoms with E-state index in [0.29, 0.717) is 13.0 Å². The summed E-state index contributed by atoms with van der Waals surface area (Å²) in [6.45, 7) is 8.86. The standard InChI is InChI=1S/C15H24N2O/c1-11(2)17-15(18)8-9-16-13(4)14-7-5-6-12(3)10-14/h5-7,10-11,13,16H,8-9H2,1-4H3,(H,17,18)/t13-/m0/s1. The molecular weight excluding hydrogens is 224 g/mol. The van der Waals surface area contributed by atoms with Crippen LogP contribution in [-0.4, -0.2) is 18.5 Å². The van der Waals surface area contributed by atoms with Gasteiger partial charge in [-0.25, -0.2) is 0 Å². The SMILES string of the molecule is Cc1cccc([C@H](C)NCCC(=O)NC(C)C)c1. The molecule has 1 rings (SSSR count). The predicted molar refractivity (Wildman–Crippen MR) is 75.5 cm³/mol. The molecule has 18 heavy (non-hydrogen) atoms. The Morgan fingerprint density at radius 1 is 1.28 bits per heavy atom. The van der Waals surface area contributed by atoms with Crippen LogP contribution in [0.1, 0.15) is 44.4 Å². The maximum atomic E-state index is 11.5. The highest BCUT2D eigenvalue weighted by molar-refractivity contribution is 5.76. The first kappa shape index (κ1) is 14.7. The zero-order chi connectivity index (χ0) is 13.5. The molecule has 0 saturated carbocycles. The minimum absolute atomic E-state index is 0.106. The van der Waals surface area contributed by atoms with Gasteiger partial charge in [0.05, 0.1) is 0 Å². The molecule has 0 aliphatic carbocycles. The zero-order valence-corrected chi connectivity index (χ0v) is 11.8. The Morgan fingerprint density at radius 2 is 2.00 bits per heavy atom. The topological polar surface area (TPSA) is 41.1 Å². The molecule has 0 fully saturated rings. The molecule has 1 aromatic carbocycles. The molecule has 1 aromatic rings. The second kappa shape index (κ2) is 7.17. The molecule has 0 radical (unpaired) electrons. The first-order chi connectivity index (χ1) is 8.49. The van der Waals surface area contributed by atoms with E-state index in [0.717, 1.165) is 0 Å². The van der Waals surface area contributed by atoms with Gasteiger partial charge < -0.3 is 10.6 Å². The van der Waals surface area contributed by atoms with E-state index in [-0.39, 0.29) is 18.0 Å². The van der Waals surface area contributed by atoms with E-state index in [4.69, 9.17) is 0 Å². The van der Waals surface area contributed by atoms with Crippen LogP contribution in [0.4, 0.5) is 0 Å². The molecular formula is C15H24N2O. The number of amides is 1. The van der Waals surface area contributed by atoms with E-state index in [1.54, 1.807) is 0 Å². The van der Waals surface area contributed by atoms with Gasteiger partial charge in [-0.2, -0.15) is 0 Å². The van der Waals surface area contributed by atoms with Crippen LogP contribution in [0, 0.1) is 6.92 Å². The molecule has 100 valence electrons. The Morgan fingerprint density at radius 3 is 2.61 bits per heavy atom. The Balaban J connectivity index is 2.33. The number of benzene rings is 1. The number of aryl methyl sites for hydroxylation is 1. The number of carbonyl (C=O) groups excluding carboxylic acids is 1. The molecule has 1 atom stereocenters. The maximum absolute atomic E-state index is 11.5. The molecule has 0 unspecified atom stereocenters. The fourth-order valence-corrected chi connectivity index (χ4v) is 1.85. The molecule has 0 saturated heterocycles. The van der Waals surface area contributed by atoms with E-state index in [1.165, 1.54) is 11.1 Å². The molecule has 2 N–H and O–H groups in total. The van der Waals surface area contributed by atoms with Gasteiger partial charge in [0.25, 0.3) is 0 Å². The smallest absolute Gasteiger partial charge is 0.221 e. The molecule has 3 nitrogen and oxygen atoms in total. The fraction of sp³-hybridized carbons (Fsp3) is 0.533. The lowest BCUT2D eigenvalue weighted by molar-refractivity contribution is -0.121. The van der Waals surface area contributed by atoms with Crippen molar-refractivity contribution >= 4 is 5.91 Å². The average molecular weight is 248 g/mol. The summed E-state index contributed by atoms with van der Waals surface area (Å²) in [7, 11) is 0. The van der Waals surface area contributed by atoms with Crippen molar-refractivity contribution in [1.82, 2.24) is 10.6 Å². The first-order valence-electron chi connectivity index (χ1n) is 6.58. The van der Waals surface area contributed by atoms with Gasteiger partial charge in [-0.1, -0.05) is 29.8 Å².